The van der Waals surface area contributed by atoms with E-state index in [1.165, 1.54) is 18.2 Å². The molecule has 0 atom stereocenters. The number of ether oxygens (including phenoxy) is 2. The van der Waals surface area contributed by atoms with Gasteiger partial charge in [-0.15, -0.1) is 0 Å². The molecule has 4 nitrogen and oxygen atoms in total. The summed E-state index contributed by atoms with van der Waals surface area (Å²) in [4.78, 5) is 11.9. The van der Waals surface area contributed by atoms with E-state index >= 15 is 0 Å². The van der Waals surface area contributed by atoms with Gasteiger partial charge in [0.25, 0.3) is 5.91 Å². The fourth-order valence-corrected chi connectivity index (χ4v) is 1.82. The van der Waals surface area contributed by atoms with Gasteiger partial charge in [-0.25, -0.2) is 4.39 Å². The van der Waals surface area contributed by atoms with E-state index in [1.54, 1.807) is 24.3 Å². The Balaban J connectivity index is 1.82. The number of amides is 1. The highest BCUT2D eigenvalue weighted by Crippen LogP contribution is 2.34. The first-order valence-corrected chi connectivity index (χ1v) is 5.69. The Labute approximate surface area is 108 Å². The first-order valence-electron chi connectivity index (χ1n) is 5.69. The molecule has 0 aromatic heterocycles. The van der Waals surface area contributed by atoms with Crippen LogP contribution in [0.3, 0.4) is 0 Å². The van der Waals surface area contributed by atoms with Crippen LogP contribution in [0.2, 0.25) is 0 Å². The van der Waals surface area contributed by atoms with Crippen molar-refractivity contribution in [3.63, 3.8) is 0 Å². The first-order chi connectivity index (χ1) is 9.24. The molecule has 0 fully saturated rings. The number of rotatable bonds is 2. The summed E-state index contributed by atoms with van der Waals surface area (Å²) in [5.41, 5.74) is 0.526. The third-order valence-corrected chi connectivity index (χ3v) is 2.75. The van der Waals surface area contributed by atoms with Gasteiger partial charge >= 0.3 is 0 Å². The molecular formula is C14H10FNO3. The Morgan fingerprint density at radius 3 is 2.74 bits per heavy atom. The van der Waals surface area contributed by atoms with E-state index in [1.807, 2.05) is 0 Å². The number of fused-ring (bicyclic) bond motifs is 1. The zero-order valence-corrected chi connectivity index (χ0v) is 9.85. The van der Waals surface area contributed by atoms with Crippen LogP contribution in [-0.4, -0.2) is 12.7 Å². The lowest BCUT2D eigenvalue weighted by Gasteiger charge is -2.06. The van der Waals surface area contributed by atoms with Gasteiger partial charge in [0.15, 0.2) is 11.5 Å². The van der Waals surface area contributed by atoms with Crippen LogP contribution in [0, 0.1) is 5.82 Å². The van der Waals surface area contributed by atoms with E-state index in [9.17, 15) is 9.18 Å². The van der Waals surface area contributed by atoms with Gasteiger partial charge in [0.1, 0.15) is 5.82 Å². The molecule has 0 saturated heterocycles. The molecule has 3 rings (SSSR count). The second-order valence-electron chi connectivity index (χ2n) is 4.00. The maximum atomic E-state index is 13.5. The first kappa shape index (κ1) is 11.5. The summed E-state index contributed by atoms with van der Waals surface area (Å²) >= 11 is 0. The van der Waals surface area contributed by atoms with Crippen molar-refractivity contribution < 1.29 is 18.7 Å². The highest BCUT2D eigenvalue weighted by molar-refractivity contribution is 6.04. The quantitative estimate of drug-likeness (QED) is 0.902. The molecule has 1 heterocycles. The molecular weight excluding hydrogens is 249 g/mol. The molecule has 1 aliphatic heterocycles. The average molecular weight is 259 g/mol. The normalized spacial score (nSPS) is 12.3. The summed E-state index contributed by atoms with van der Waals surface area (Å²) in [5, 5.41) is 2.61. The second kappa shape index (κ2) is 4.61. The van der Waals surface area contributed by atoms with Crippen LogP contribution >= 0.6 is 0 Å². The van der Waals surface area contributed by atoms with E-state index in [-0.39, 0.29) is 12.4 Å². The van der Waals surface area contributed by atoms with Crippen LogP contribution < -0.4 is 14.8 Å². The molecule has 0 radical (unpaired) electrons. The van der Waals surface area contributed by atoms with Crippen molar-refractivity contribution in [1.29, 1.82) is 0 Å². The topological polar surface area (TPSA) is 47.6 Å². The third-order valence-electron chi connectivity index (χ3n) is 2.75. The zero-order chi connectivity index (χ0) is 13.2. The summed E-state index contributed by atoms with van der Waals surface area (Å²) in [6, 6.07) is 10.8. The largest absolute Gasteiger partial charge is 0.454 e. The number of halogens is 1. The summed E-state index contributed by atoms with van der Waals surface area (Å²) in [6.07, 6.45) is 0. The predicted molar refractivity (Wildman–Crippen MR) is 66.9 cm³/mol. The van der Waals surface area contributed by atoms with E-state index < -0.39 is 11.7 Å². The number of benzene rings is 2. The Bertz CT molecular complexity index is 642. The minimum atomic E-state index is -0.555. The maximum Gasteiger partial charge on any atom is 0.258 e. The standard InChI is InChI=1S/C14H10FNO3/c15-11-4-2-1-3-10(11)14(17)16-9-5-6-12-13(7-9)19-8-18-12/h1-7H,8H2,(H,16,17). The van der Waals surface area contributed by atoms with Crippen LogP contribution in [0.5, 0.6) is 11.5 Å². The molecule has 0 aliphatic carbocycles. The molecule has 1 amide bonds. The number of nitrogens with one attached hydrogen (secondary N) is 1. The molecule has 96 valence electrons. The van der Waals surface area contributed by atoms with Crippen molar-refractivity contribution in [1.82, 2.24) is 0 Å². The minimum absolute atomic E-state index is 0.000154. The smallest absolute Gasteiger partial charge is 0.258 e. The van der Waals surface area contributed by atoms with Gasteiger partial charge in [0, 0.05) is 11.8 Å². The van der Waals surface area contributed by atoms with E-state index in [0.717, 1.165) is 0 Å². The molecule has 0 unspecified atom stereocenters. The van der Waals surface area contributed by atoms with Crippen molar-refractivity contribution >= 4 is 11.6 Å². The van der Waals surface area contributed by atoms with Crippen molar-refractivity contribution in [2.45, 2.75) is 0 Å². The highest BCUT2D eigenvalue weighted by atomic mass is 19.1. The summed E-state index contributed by atoms with van der Waals surface area (Å²) < 4.78 is 23.8. The van der Waals surface area contributed by atoms with Crippen molar-refractivity contribution in [2.24, 2.45) is 0 Å². The molecule has 0 bridgehead atoms. The number of carbonyl (C=O) groups is 1. The fourth-order valence-electron chi connectivity index (χ4n) is 1.82. The highest BCUT2D eigenvalue weighted by Gasteiger charge is 2.15. The van der Waals surface area contributed by atoms with Gasteiger partial charge in [0.05, 0.1) is 5.56 Å². The number of hydrogen-bond donors (Lipinski definition) is 1. The Morgan fingerprint density at radius 1 is 1.11 bits per heavy atom. The number of hydrogen-bond acceptors (Lipinski definition) is 3. The summed E-state index contributed by atoms with van der Waals surface area (Å²) in [6.45, 7) is 0.167. The van der Waals surface area contributed by atoms with Crippen molar-refractivity contribution in [3.8, 4) is 11.5 Å². The van der Waals surface area contributed by atoms with Crippen LogP contribution in [0.1, 0.15) is 10.4 Å². The lowest BCUT2D eigenvalue weighted by molar-refractivity contribution is 0.102. The van der Waals surface area contributed by atoms with Crippen LogP contribution in [0.25, 0.3) is 0 Å². The number of anilines is 1. The molecule has 1 aliphatic rings. The lowest BCUT2D eigenvalue weighted by atomic mass is 10.2. The summed E-state index contributed by atoms with van der Waals surface area (Å²) in [5.74, 6) is 0.132. The second-order valence-corrected chi connectivity index (χ2v) is 4.00. The third kappa shape index (κ3) is 2.22. The molecule has 0 saturated carbocycles. The molecule has 0 spiro atoms. The number of carbonyl (C=O) groups excluding carboxylic acids is 1. The molecule has 19 heavy (non-hydrogen) atoms. The van der Waals surface area contributed by atoms with Crippen LogP contribution in [0.15, 0.2) is 42.5 Å². The van der Waals surface area contributed by atoms with E-state index in [4.69, 9.17) is 9.47 Å². The lowest BCUT2D eigenvalue weighted by Crippen LogP contribution is -2.13. The van der Waals surface area contributed by atoms with Gasteiger partial charge in [0.2, 0.25) is 6.79 Å². The van der Waals surface area contributed by atoms with Crippen molar-refractivity contribution in [3.05, 3.63) is 53.8 Å². The van der Waals surface area contributed by atoms with Crippen LogP contribution in [-0.2, 0) is 0 Å². The Kier molecular flexibility index (Phi) is 2.79. The van der Waals surface area contributed by atoms with Gasteiger partial charge in [-0.2, -0.15) is 0 Å². The predicted octanol–water partition coefficient (Wildman–Crippen LogP) is 2.81. The molecule has 1 N–H and O–H groups in total. The Hall–Kier alpha value is -2.56. The van der Waals surface area contributed by atoms with Gasteiger partial charge in [-0.3, -0.25) is 4.79 Å². The fraction of sp³-hybridized carbons (Fsp3) is 0.0714. The monoisotopic (exact) mass is 259 g/mol. The molecule has 2 aromatic rings. The minimum Gasteiger partial charge on any atom is -0.454 e. The Morgan fingerprint density at radius 2 is 1.89 bits per heavy atom. The summed E-state index contributed by atoms with van der Waals surface area (Å²) in [7, 11) is 0. The maximum absolute atomic E-state index is 13.5. The van der Waals surface area contributed by atoms with Gasteiger partial charge < -0.3 is 14.8 Å². The van der Waals surface area contributed by atoms with E-state index in [0.29, 0.717) is 17.2 Å². The zero-order valence-electron chi connectivity index (χ0n) is 9.85. The average Bonchev–Trinajstić information content (AvgIpc) is 2.86. The van der Waals surface area contributed by atoms with Crippen LogP contribution in [0.4, 0.5) is 10.1 Å². The van der Waals surface area contributed by atoms with Crippen molar-refractivity contribution in [2.75, 3.05) is 12.1 Å². The van der Waals surface area contributed by atoms with Gasteiger partial charge in [-0.05, 0) is 24.3 Å². The molecule has 5 heteroatoms. The van der Waals surface area contributed by atoms with E-state index in [2.05, 4.69) is 5.32 Å². The van der Waals surface area contributed by atoms with Gasteiger partial charge in [-0.1, -0.05) is 12.1 Å². The molecule has 2 aromatic carbocycles. The SMILES string of the molecule is O=C(Nc1ccc2c(c1)OCO2)c1ccccc1F.